The summed E-state index contributed by atoms with van der Waals surface area (Å²) in [6, 6.07) is 16.1. The Kier molecular flexibility index (Phi) is 5.07. The summed E-state index contributed by atoms with van der Waals surface area (Å²) in [4.78, 5) is 36.6. The first-order valence-corrected chi connectivity index (χ1v) is 8.62. The van der Waals surface area contributed by atoms with Crippen LogP contribution in [0.2, 0.25) is 0 Å². The smallest absolute Gasteiger partial charge is 0.295 e. The van der Waals surface area contributed by atoms with Crippen LogP contribution >= 0.6 is 0 Å². The predicted octanol–water partition coefficient (Wildman–Crippen LogP) is 2.87. The van der Waals surface area contributed by atoms with E-state index in [1.165, 1.54) is 11.6 Å². The van der Waals surface area contributed by atoms with Gasteiger partial charge in [0.1, 0.15) is 5.69 Å². The fourth-order valence-electron chi connectivity index (χ4n) is 2.94. The van der Waals surface area contributed by atoms with Crippen LogP contribution in [0.5, 0.6) is 0 Å². The number of anilines is 1. The molecule has 0 unspecified atom stereocenters. The first-order valence-electron chi connectivity index (χ1n) is 8.62. The maximum Gasteiger partial charge on any atom is 0.295 e. The molecule has 0 radical (unpaired) electrons. The number of hydrogen-bond donors (Lipinski definition) is 1. The number of para-hydroxylation sites is 1. The summed E-state index contributed by atoms with van der Waals surface area (Å²) in [6.07, 6.45) is 0.122. The van der Waals surface area contributed by atoms with E-state index >= 15 is 0 Å². The summed E-state index contributed by atoms with van der Waals surface area (Å²) in [5.74, 6) is -0.302. The number of ketones is 1. The fraction of sp³-hybridized carbons (Fsp3) is 0.190. The number of Topliss-reactive ketones (excluding diaryl/α,β-unsaturated/α-hetero) is 1. The van der Waals surface area contributed by atoms with Crippen molar-refractivity contribution in [3.05, 3.63) is 81.8 Å². The van der Waals surface area contributed by atoms with Gasteiger partial charge in [-0.15, -0.1) is 0 Å². The summed E-state index contributed by atoms with van der Waals surface area (Å²) in [5, 5.41) is 2.74. The van der Waals surface area contributed by atoms with Crippen LogP contribution in [0.1, 0.15) is 28.5 Å². The third-order valence-corrected chi connectivity index (χ3v) is 4.54. The van der Waals surface area contributed by atoms with E-state index in [1.807, 2.05) is 30.3 Å². The summed E-state index contributed by atoms with van der Waals surface area (Å²) in [5.41, 5.74) is 2.77. The van der Waals surface area contributed by atoms with Crippen molar-refractivity contribution in [1.82, 2.24) is 9.36 Å². The van der Waals surface area contributed by atoms with E-state index in [2.05, 4.69) is 5.32 Å². The molecule has 138 valence electrons. The van der Waals surface area contributed by atoms with E-state index in [0.29, 0.717) is 11.3 Å². The van der Waals surface area contributed by atoms with Crippen molar-refractivity contribution in [2.75, 3.05) is 5.32 Å². The molecule has 0 aliphatic rings. The standard InChI is InChI=1S/C21H21N3O3/c1-14-20(21(27)24(23(14)3)18-7-5-4-6-8-18)22-19(26)13-16-9-11-17(12-10-16)15(2)25/h4-12H,13H2,1-3H3,(H,22,26). The molecule has 6 nitrogen and oxygen atoms in total. The maximum atomic E-state index is 12.8. The average Bonchev–Trinajstić information content (AvgIpc) is 2.86. The van der Waals surface area contributed by atoms with Crippen molar-refractivity contribution in [3.63, 3.8) is 0 Å². The Bertz CT molecular complexity index is 1040. The molecule has 0 aliphatic carbocycles. The van der Waals surface area contributed by atoms with Crippen LogP contribution in [0.4, 0.5) is 5.69 Å². The Morgan fingerprint density at radius 1 is 1.00 bits per heavy atom. The van der Waals surface area contributed by atoms with Gasteiger partial charge in [-0.3, -0.25) is 19.1 Å². The number of carbonyl (C=O) groups is 2. The molecule has 1 aromatic heterocycles. The number of carbonyl (C=O) groups excluding carboxylic acids is 2. The lowest BCUT2D eigenvalue weighted by molar-refractivity contribution is -0.115. The zero-order chi connectivity index (χ0) is 19.6. The van der Waals surface area contributed by atoms with Gasteiger partial charge >= 0.3 is 0 Å². The van der Waals surface area contributed by atoms with Gasteiger partial charge in [-0.05, 0) is 31.5 Å². The van der Waals surface area contributed by atoms with Crippen molar-refractivity contribution in [2.45, 2.75) is 20.3 Å². The molecule has 1 N–H and O–H groups in total. The molecule has 1 amide bonds. The average molecular weight is 363 g/mol. The normalized spacial score (nSPS) is 10.6. The number of benzene rings is 2. The molecule has 27 heavy (non-hydrogen) atoms. The van der Waals surface area contributed by atoms with E-state index in [1.54, 1.807) is 42.9 Å². The Morgan fingerprint density at radius 3 is 2.22 bits per heavy atom. The number of rotatable bonds is 5. The minimum atomic E-state index is -0.281. The molecule has 3 aromatic rings. The first-order chi connectivity index (χ1) is 12.9. The molecule has 0 fully saturated rings. The number of hydrogen-bond acceptors (Lipinski definition) is 3. The Balaban J connectivity index is 1.82. The molecule has 0 saturated heterocycles. The molecule has 3 rings (SSSR count). The van der Waals surface area contributed by atoms with Crippen molar-refractivity contribution < 1.29 is 9.59 Å². The van der Waals surface area contributed by atoms with E-state index in [4.69, 9.17) is 0 Å². The zero-order valence-corrected chi connectivity index (χ0v) is 15.5. The number of amides is 1. The Labute approximate surface area is 157 Å². The van der Waals surface area contributed by atoms with Crippen molar-refractivity contribution in [1.29, 1.82) is 0 Å². The summed E-state index contributed by atoms with van der Waals surface area (Å²) >= 11 is 0. The lowest BCUT2D eigenvalue weighted by Crippen LogP contribution is -2.23. The van der Waals surface area contributed by atoms with Crippen LogP contribution in [0.15, 0.2) is 59.4 Å². The maximum absolute atomic E-state index is 12.8. The van der Waals surface area contributed by atoms with Crippen molar-refractivity contribution >= 4 is 17.4 Å². The minimum Gasteiger partial charge on any atom is -0.320 e. The van der Waals surface area contributed by atoms with Crippen LogP contribution in [-0.4, -0.2) is 21.1 Å². The molecule has 0 aliphatic heterocycles. The molecule has 0 bridgehead atoms. The van der Waals surface area contributed by atoms with Crippen LogP contribution in [0.25, 0.3) is 5.69 Å². The lowest BCUT2D eigenvalue weighted by atomic mass is 10.1. The SMILES string of the molecule is CC(=O)c1ccc(CC(=O)Nc2c(C)n(C)n(-c3ccccc3)c2=O)cc1. The second-order valence-electron chi connectivity index (χ2n) is 6.41. The van der Waals surface area contributed by atoms with Crippen molar-refractivity contribution in [2.24, 2.45) is 7.05 Å². The van der Waals surface area contributed by atoms with Crippen LogP contribution in [0.3, 0.4) is 0 Å². The molecule has 6 heteroatoms. The third kappa shape index (κ3) is 3.74. The Hall–Kier alpha value is -3.41. The van der Waals surface area contributed by atoms with Crippen molar-refractivity contribution in [3.8, 4) is 5.69 Å². The van der Waals surface area contributed by atoms with Gasteiger partial charge in [-0.1, -0.05) is 42.5 Å². The van der Waals surface area contributed by atoms with Gasteiger partial charge in [-0.2, -0.15) is 0 Å². The van der Waals surface area contributed by atoms with Gasteiger partial charge < -0.3 is 5.32 Å². The highest BCUT2D eigenvalue weighted by atomic mass is 16.2. The monoisotopic (exact) mass is 363 g/mol. The largest absolute Gasteiger partial charge is 0.320 e. The quantitative estimate of drug-likeness (QED) is 0.709. The van der Waals surface area contributed by atoms with Gasteiger partial charge in [0.15, 0.2) is 5.78 Å². The molecular formula is C21H21N3O3. The molecule has 0 atom stereocenters. The van der Waals surface area contributed by atoms with Gasteiger partial charge in [-0.25, -0.2) is 4.68 Å². The summed E-state index contributed by atoms with van der Waals surface area (Å²) < 4.78 is 3.24. The topological polar surface area (TPSA) is 73.1 Å². The van der Waals surface area contributed by atoms with Gasteiger partial charge in [0.2, 0.25) is 5.91 Å². The van der Waals surface area contributed by atoms with Gasteiger partial charge in [0.25, 0.3) is 5.56 Å². The second-order valence-corrected chi connectivity index (χ2v) is 6.41. The number of nitrogens with zero attached hydrogens (tertiary/aromatic N) is 2. The predicted molar refractivity (Wildman–Crippen MR) is 105 cm³/mol. The highest BCUT2D eigenvalue weighted by molar-refractivity contribution is 5.95. The third-order valence-electron chi connectivity index (χ3n) is 4.54. The number of nitrogens with one attached hydrogen (secondary N) is 1. The fourth-order valence-corrected chi connectivity index (χ4v) is 2.94. The minimum absolute atomic E-state index is 0.0209. The highest BCUT2D eigenvalue weighted by Gasteiger charge is 2.18. The highest BCUT2D eigenvalue weighted by Crippen LogP contribution is 2.14. The van der Waals surface area contributed by atoms with E-state index in [9.17, 15) is 14.4 Å². The van der Waals surface area contributed by atoms with Gasteiger partial charge in [0, 0.05) is 12.6 Å². The van der Waals surface area contributed by atoms with E-state index in [-0.39, 0.29) is 29.4 Å². The summed E-state index contributed by atoms with van der Waals surface area (Å²) in [7, 11) is 1.78. The van der Waals surface area contributed by atoms with Crippen LogP contribution in [-0.2, 0) is 18.3 Å². The summed E-state index contributed by atoms with van der Waals surface area (Å²) in [6.45, 7) is 3.29. The molecule has 0 spiro atoms. The number of aromatic nitrogens is 2. The van der Waals surface area contributed by atoms with Gasteiger partial charge in [0.05, 0.1) is 17.8 Å². The van der Waals surface area contributed by atoms with Crippen LogP contribution < -0.4 is 10.9 Å². The lowest BCUT2D eigenvalue weighted by Gasteiger charge is -2.07. The molecular weight excluding hydrogens is 342 g/mol. The zero-order valence-electron chi connectivity index (χ0n) is 15.5. The van der Waals surface area contributed by atoms with E-state index in [0.717, 1.165) is 11.3 Å². The van der Waals surface area contributed by atoms with Crippen LogP contribution in [0, 0.1) is 6.92 Å². The Morgan fingerprint density at radius 2 is 1.63 bits per heavy atom. The molecule has 1 heterocycles. The molecule has 0 saturated carbocycles. The second kappa shape index (κ2) is 7.45. The van der Waals surface area contributed by atoms with E-state index < -0.39 is 0 Å². The molecule has 2 aromatic carbocycles. The first kappa shape index (κ1) is 18.4.